The van der Waals surface area contributed by atoms with Gasteiger partial charge in [0.05, 0.1) is 0 Å². The second kappa shape index (κ2) is 6.29. The van der Waals surface area contributed by atoms with Gasteiger partial charge in [0.15, 0.2) is 0 Å². The van der Waals surface area contributed by atoms with E-state index in [2.05, 4.69) is 20.0 Å². The molecule has 0 aliphatic heterocycles. The van der Waals surface area contributed by atoms with Gasteiger partial charge in [0, 0.05) is 29.9 Å². The van der Waals surface area contributed by atoms with Crippen LogP contribution in [0.15, 0.2) is 34.8 Å². The Morgan fingerprint density at radius 2 is 1.95 bits per heavy atom. The van der Waals surface area contributed by atoms with Crippen LogP contribution in [0.25, 0.3) is 0 Å². The molecule has 6 nitrogen and oxygen atoms in total. The summed E-state index contributed by atoms with van der Waals surface area (Å²) in [4.78, 5) is 8.66. The molecule has 0 aromatic carbocycles. The number of hydrogen-bond acceptors (Lipinski definition) is 6. The smallest absolute Gasteiger partial charge is 0.273 e. The van der Waals surface area contributed by atoms with Gasteiger partial charge in [0.2, 0.25) is 5.95 Å². The summed E-state index contributed by atoms with van der Waals surface area (Å²) in [6.45, 7) is 4.73. The van der Waals surface area contributed by atoms with Gasteiger partial charge in [-0.25, -0.2) is 23.1 Å². The summed E-state index contributed by atoms with van der Waals surface area (Å²) in [5.74, 6) is 0.0720. The van der Waals surface area contributed by atoms with E-state index >= 15 is 0 Å². The van der Waals surface area contributed by atoms with E-state index in [4.69, 9.17) is 0 Å². The van der Waals surface area contributed by atoms with Gasteiger partial charge in [-0.2, -0.15) is 0 Å². The lowest BCUT2D eigenvalue weighted by atomic mass is 10.4. The number of nitrogens with one attached hydrogen (secondary N) is 2. The van der Waals surface area contributed by atoms with Crippen molar-refractivity contribution in [2.45, 2.75) is 30.6 Å². The van der Waals surface area contributed by atoms with Crippen LogP contribution in [-0.2, 0) is 16.6 Å². The zero-order chi connectivity index (χ0) is 14.6. The molecule has 2 heterocycles. The Labute approximate surface area is 122 Å². The second-order valence-corrected chi connectivity index (χ2v) is 7.51. The highest BCUT2D eigenvalue weighted by molar-refractivity contribution is 7.94. The molecular formula is C12H16N4O2S2. The highest BCUT2D eigenvalue weighted by Gasteiger charge is 2.18. The molecule has 0 saturated heterocycles. The van der Waals surface area contributed by atoms with E-state index in [0.717, 1.165) is 4.88 Å². The van der Waals surface area contributed by atoms with Crippen LogP contribution >= 0.6 is 11.3 Å². The van der Waals surface area contributed by atoms with Crippen LogP contribution in [-0.4, -0.2) is 24.4 Å². The first kappa shape index (κ1) is 14.9. The maximum Gasteiger partial charge on any atom is 0.273 e. The van der Waals surface area contributed by atoms with Crippen LogP contribution in [0.5, 0.6) is 0 Å². The van der Waals surface area contributed by atoms with Crippen molar-refractivity contribution in [2.24, 2.45) is 0 Å². The average molecular weight is 312 g/mol. The Morgan fingerprint density at radius 1 is 1.25 bits per heavy atom. The summed E-state index contributed by atoms with van der Waals surface area (Å²) in [7, 11) is -3.62. The molecule has 0 bridgehead atoms. The van der Waals surface area contributed by atoms with E-state index < -0.39 is 10.0 Å². The van der Waals surface area contributed by atoms with Crippen LogP contribution in [0, 0.1) is 0 Å². The third-order valence-electron chi connectivity index (χ3n) is 2.38. The van der Waals surface area contributed by atoms with Crippen molar-refractivity contribution in [1.29, 1.82) is 0 Å². The fraction of sp³-hybridized carbons (Fsp3) is 0.333. The molecule has 0 aliphatic rings. The van der Waals surface area contributed by atoms with E-state index in [-0.39, 0.29) is 10.2 Å². The van der Waals surface area contributed by atoms with Gasteiger partial charge in [0.25, 0.3) is 10.0 Å². The van der Waals surface area contributed by atoms with Crippen LogP contribution in [0.2, 0.25) is 0 Å². The topological polar surface area (TPSA) is 84.0 Å². The maximum absolute atomic E-state index is 12.2. The van der Waals surface area contributed by atoms with Crippen molar-refractivity contribution >= 4 is 27.3 Å². The number of aromatic nitrogens is 2. The molecular weight excluding hydrogens is 296 g/mol. The van der Waals surface area contributed by atoms with Crippen molar-refractivity contribution < 1.29 is 8.42 Å². The molecule has 0 saturated carbocycles. The minimum atomic E-state index is -3.62. The second-order valence-electron chi connectivity index (χ2n) is 4.43. The number of anilines is 1. The molecule has 2 aromatic heterocycles. The largest absolute Gasteiger partial charge is 0.310 e. The third kappa shape index (κ3) is 3.99. The first-order valence-corrected chi connectivity index (χ1v) is 8.39. The minimum Gasteiger partial charge on any atom is -0.310 e. The summed E-state index contributed by atoms with van der Waals surface area (Å²) in [6, 6.07) is 5.37. The Balaban J connectivity index is 2.10. The van der Waals surface area contributed by atoms with Crippen LogP contribution < -0.4 is 10.0 Å². The number of thiophene rings is 1. The van der Waals surface area contributed by atoms with Gasteiger partial charge >= 0.3 is 0 Å². The standard InChI is InChI=1S/C12H16N4O2S2/c1-9(2)15-8-10-4-5-11(19-10)20(17,18)16-12-13-6-3-7-14-12/h3-7,9,15H,8H2,1-2H3,(H,13,14,16). The zero-order valence-corrected chi connectivity index (χ0v) is 12.8. The molecule has 108 valence electrons. The van der Waals surface area contributed by atoms with E-state index in [1.54, 1.807) is 18.2 Å². The molecule has 2 aromatic rings. The minimum absolute atomic E-state index is 0.0720. The Bertz CT molecular complexity index is 653. The number of rotatable bonds is 6. The monoisotopic (exact) mass is 312 g/mol. The van der Waals surface area contributed by atoms with Crippen LogP contribution in [0.4, 0.5) is 5.95 Å². The first-order valence-electron chi connectivity index (χ1n) is 6.09. The van der Waals surface area contributed by atoms with Crippen molar-refractivity contribution in [3.05, 3.63) is 35.5 Å². The number of nitrogens with zero attached hydrogens (tertiary/aromatic N) is 2. The molecule has 2 rings (SSSR count). The predicted octanol–water partition coefficient (Wildman–Crippen LogP) is 1.84. The van der Waals surface area contributed by atoms with Gasteiger partial charge in [0.1, 0.15) is 4.21 Å². The fourth-order valence-electron chi connectivity index (χ4n) is 1.42. The number of hydrogen-bond donors (Lipinski definition) is 2. The SMILES string of the molecule is CC(C)NCc1ccc(S(=O)(=O)Nc2ncccn2)s1. The first-order chi connectivity index (χ1) is 9.47. The average Bonchev–Trinajstić information content (AvgIpc) is 2.86. The van der Waals surface area contributed by atoms with E-state index in [9.17, 15) is 8.42 Å². The van der Waals surface area contributed by atoms with Crippen LogP contribution in [0.3, 0.4) is 0 Å². The summed E-state index contributed by atoms with van der Waals surface area (Å²) >= 11 is 1.23. The van der Waals surface area contributed by atoms with Crippen LogP contribution in [0.1, 0.15) is 18.7 Å². The number of sulfonamides is 1. The van der Waals surface area contributed by atoms with Crippen molar-refractivity contribution in [2.75, 3.05) is 4.72 Å². The molecule has 0 aliphatic carbocycles. The molecule has 8 heteroatoms. The van der Waals surface area contributed by atoms with E-state index in [0.29, 0.717) is 12.6 Å². The van der Waals surface area contributed by atoms with Crippen molar-refractivity contribution in [3.63, 3.8) is 0 Å². The van der Waals surface area contributed by atoms with Gasteiger partial charge in [-0.05, 0) is 18.2 Å². The predicted molar refractivity (Wildman–Crippen MR) is 79.1 cm³/mol. The van der Waals surface area contributed by atoms with Crippen molar-refractivity contribution in [1.82, 2.24) is 15.3 Å². The highest BCUT2D eigenvalue weighted by atomic mass is 32.2. The van der Waals surface area contributed by atoms with Gasteiger partial charge in [-0.15, -0.1) is 11.3 Å². The lowest BCUT2D eigenvalue weighted by Gasteiger charge is -2.05. The Kier molecular flexibility index (Phi) is 4.69. The van der Waals surface area contributed by atoms with E-state index in [1.165, 1.54) is 23.7 Å². The Hall–Kier alpha value is -1.51. The van der Waals surface area contributed by atoms with Gasteiger partial charge < -0.3 is 5.32 Å². The lowest BCUT2D eigenvalue weighted by molar-refractivity contribution is 0.593. The normalized spacial score (nSPS) is 11.8. The van der Waals surface area contributed by atoms with Gasteiger partial charge in [-0.3, -0.25) is 0 Å². The molecule has 0 fully saturated rings. The highest BCUT2D eigenvalue weighted by Crippen LogP contribution is 2.23. The molecule has 0 spiro atoms. The molecule has 0 amide bonds. The molecule has 20 heavy (non-hydrogen) atoms. The molecule has 0 radical (unpaired) electrons. The molecule has 0 atom stereocenters. The molecule has 2 N–H and O–H groups in total. The molecule has 0 unspecified atom stereocenters. The quantitative estimate of drug-likeness (QED) is 0.850. The van der Waals surface area contributed by atoms with Crippen molar-refractivity contribution in [3.8, 4) is 0 Å². The summed E-state index contributed by atoms with van der Waals surface area (Å²) in [5, 5.41) is 3.25. The van der Waals surface area contributed by atoms with Gasteiger partial charge in [-0.1, -0.05) is 13.8 Å². The maximum atomic E-state index is 12.2. The summed E-state index contributed by atoms with van der Waals surface area (Å²) in [6.07, 6.45) is 2.97. The fourth-order valence-corrected chi connectivity index (χ4v) is 3.69. The lowest BCUT2D eigenvalue weighted by Crippen LogP contribution is -2.21. The Morgan fingerprint density at radius 3 is 2.60 bits per heavy atom. The summed E-state index contributed by atoms with van der Waals surface area (Å²) in [5.41, 5.74) is 0. The summed E-state index contributed by atoms with van der Waals surface area (Å²) < 4.78 is 26.9. The third-order valence-corrected chi connectivity index (χ3v) is 5.28. The zero-order valence-electron chi connectivity index (χ0n) is 11.2. The van der Waals surface area contributed by atoms with E-state index in [1.807, 2.05) is 13.8 Å².